The topological polar surface area (TPSA) is 44.5 Å². The molecule has 1 fully saturated rings. The summed E-state index contributed by atoms with van der Waals surface area (Å²) in [5.41, 5.74) is 7.04. The lowest BCUT2D eigenvalue weighted by molar-refractivity contribution is 0.0249. The Bertz CT molecular complexity index is 408. The van der Waals surface area contributed by atoms with Crippen LogP contribution in [0.4, 0.5) is 0 Å². The Kier molecular flexibility index (Phi) is 5.69. The molecule has 0 amide bonds. The molecule has 2 N–H and O–H groups in total. The summed E-state index contributed by atoms with van der Waals surface area (Å²) in [6.45, 7) is 3.57. The number of nitrogens with two attached hydrogens (primary N) is 1. The molecule has 106 valence electrons. The standard InChI is InChI=1S/C14H19Br2NO2/c1-9(17)6-10-7-12(15)14(13(16)8-10)19-11-2-4-18-5-3-11/h7-9,11H,2-6,17H2,1H3. The van der Waals surface area contributed by atoms with Crippen LogP contribution in [-0.4, -0.2) is 25.4 Å². The minimum absolute atomic E-state index is 0.154. The van der Waals surface area contributed by atoms with Gasteiger partial charge in [0.15, 0.2) is 0 Å². The highest BCUT2D eigenvalue weighted by Gasteiger charge is 2.18. The van der Waals surface area contributed by atoms with Gasteiger partial charge in [-0.05, 0) is 62.9 Å². The Hall–Kier alpha value is -0.100. The van der Waals surface area contributed by atoms with E-state index in [9.17, 15) is 0 Å². The molecule has 3 nitrogen and oxygen atoms in total. The van der Waals surface area contributed by atoms with Gasteiger partial charge in [0.1, 0.15) is 11.9 Å². The molecule has 1 aliphatic heterocycles. The van der Waals surface area contributed by atoms with Crippen molar-refractivity contribution in [3.8, 4) is 5.75 Å². The quantitative estimate of drug-likeness (QED) is 0.850. The number of ether oxygens (including phenoxy) is 2. The normalized spacial score (nSPS) is 18.3. The van der Waals surface area contributed by atoms with Gasteiger partial charge in [-0.1, -0.05) is 0 Å². The van der Waals surface area contributed by atoms with Gasteiger partial charge in [0.25, 0.3) is 0 Å². The largest absolute Gasteiger partial charge is 0.488 e. The zero-order valence-corrected chi connectivity index (χ0v) is 14.2. The number of hydrogen-bond acceptors (Lipinski definition) is 3. The molecule has 0 radical (unpaired) electrons. The van der Waals surface area contributed by atoms with Gasteiger partial charge in [0, 0.05) is 18.9 Å². The molecule has 0 aromatic heterocycles. The molecule has 0 bridgehead atoms. The first kappa shape index (κ1) is 15.3. The summed E-state index contributed by atoms with van der Waals surface area (Å²) in [5.74, 6) is 0.875. The minimum Gasteiger partial charge on any atom is -0.488 e. The van der Waals surface area contributed by atoms with Crippen LogP contribution in [0.3, 0.4) is 0 Å². The fraction of sp³-hybridized carbons (Fsp3) is 0.571. The number of benzene rings is 1. The lowest BCUT2D eigenvalue weighted by Gasteiger charge is -2.24. The van der Waals surface area contributed by atoms with E-state index < -0.39 is 0 Å². The van der Waals surface area contributed by atoms with Crippen molar-refractivity contribution in [2.24, 2.45) is 5.73 Å². The van der Waals surface area contributed by atoms with Crippen molar-refractivity contribution in [2.45, 2.75) is 38.3 Å². The van der Waals surface area contributed by atoms with Crippen LogP contribution in [-0.2, 0) is 11.2 Å². The lowest BCUT2D eigenvalue weighted by Crippen LogP contribution is -2.26. The second-order valence-corrected chi connectivity index (χ2v) is 6.71. The Morgan fingerprint density at radius 2 is 1.89 bits per heavy atom. The fourth-order valence-corrected chi connectivity index (χ4v) is 3.64. The molecular formula is C14H19Br2NO2. The van der Waals surface area contributed by atoms with E-state index in [4.69, 9.17) is 15.2 Å². The van der Waals surface area contributed by atoms with E-state index in [0.717, 1.165) is 47.2 Å². The number of halogens is 2. The Balaban J connectivity index is 2.11. The van der Waals surface area contributed by atoms with E-state index in [0.29, 0.717) is 0 Å². The summed E-state index contributed by atoms with van der Waals surface area (Å²) in [4.78, 5) is 0. The summed E-state index contributed by atoms with van der Waals surface area (Å²) < 4.78 is 13.4. The molecule has 0 spiro atoms. The van der Waals surface area contributed by atoms with Gasteiger partial charge in [0.05, 0.1) is 22.2 Å². The molecule has 1 atom stereocenters. The highest BCUT2D eigenvalue weighted by atomic mass is 79.9. The van der Waals surface area contributed by atoms with Crippen LogP contribution in [0.1, 0.15) is 25.3 Å². The first-order valence-corrected chi connectivity index (χ1v) is 8.12. The number of hydrogen-bond donors (Lipinski definition) is 1. The SMILES string of the molecule is CC(N)Cc1cc(Br)c(OC2CCOCC2)c(Br)c1. The maximum absolute atomic E-state index is 6.07. The van der Waals surface area contributed by atoms with E-state index in [2.05, 4.69) is 44.0 Å². The van der Waals surface area contributed by atoms with Crippen molar-refractivity contribution in [1.29, 1.82) is 0 Å². The van der Waals surface area contributed by atoms with Crippen LogP contribution < -0.4 is 10.5 Å². The molecule has 0 saturated carbocycles. The van der Waals surface area contributed by atoms with Crippen LogP contribution in [0.2, 0.25) is 0 Å². The first-order chi connectivity index (χ1) is 9.06. The van der Waals surface area contributed by atoms with Crippen LogP contribution >= 0.6 is 31.9 Å². The molecule has 0 aliphatic carbocycles. The zero-order valence-electron chi connectivity index (χ0n) is 11.0. The predicted molar refractivity (Wildman–Crippen MR) is 83.7 cm³/mol. The summed E-state index contributed by atoms with van der Waals surface area (Å²) in [7, 11) is 0. The van der Waals surface area contributed by atoms with E-state index in [-0.39, 0.29) is 12.1 Å². The van der Waals surface area contributed by atoms with Crippen molar-refractivity contribution < 1.29 is 9.47 Å². The second kappa shape index (κ2) is 7.07. The van der Waals surface area contributed by atoms with Crippen LogP contribution in [0, 0.1) is 0 Å². The van der Waals surface area contributed by atoms with E-state index in [1.807, 2.05) is 6.92 Å². The van der Waals surface area contributed by atoms with Crippen molar-refractivity contribution in [2.75, 3.05) is 13.2 Å². The maximum Gasteiger partial charge on any atom is 0.148 e. The third kappa shape index (κ3) is 4.45. The Labute approximate surface area is 131 Å². The van der Waals surface area contributed by atoms with Crippen LogP contribution in [0.25, 0.3) is 0 Å². The van der Waals surface area contributed by atoms with Gasteiger partial charge in [-0.3, -0.25) is 0 Å². The van der Waals surface area contributed by atoms with E-state index in [1.54, 1.807) is 0 Å². The fourth-order valence-electron chi connectivity index (χ4n) is 2.18. The van der Waals surface area contributed by atoms with Gasteiger partial charge in [-0.25, -0.2) is 0 Å². The summed E-state index contributed by atoms with van der Waals surface area (Å²) in [6, 6.07) is 4.33. The Morgan fingerprint density at radius 1 is 1.32 bits per heavy atom. The van der Waals surface area contributed by atoms with Crippen molar-refractivity contribution in [3.05, 3.63) is 26.6 Å². The van der Waals surface area contributed by atoms with E-state index in [1.165, 1.54) is 5.56 Å². The smallest absolute Gasteiger partial charge is 0.148 e. The molecule has 1 aromatic rings. The summed E-state index contributed by atoms with van der Waals surface area (Å²) in [5, 5.41) is 0. The zero-order chi connectivity index (χ0) is 13.8. The highest BCUT2D eigenvalue weighted by molar-refractivity contribution is 9.11. The maximum atomic E-state index is 6.07. The monoisotopic (exact) mass is 391 g/mol. The molecule has 2 rings (SSSR count). The van der Waals surface area contributed by atoms with Crippen molar-refractivity contribution in [1.82, 2.24) is 0 Å². The second-order valence-electron chi connectivity index (χ2n) is 5.00. The molecular weight excluding hydrogens is 374 g/mol. The van der Waals surface area contributed by atoms with Gasteiger partial charge in [-0.15, -0.1) is 0 Å². The molecule has 19 heavy (non-hydrogen) atoms. The van der Waals surface area contributed by atoms with Gasteiger partial charge in [0.2, 0.25) is 0 Å². The van der Waals surface area contributed by atoms with Gasteiger partial charge < -0.3 is 15.2 Å². The minimum atomic E-state index is 0.154. The third-order valence-corrected chi connectivity index (χ3v) is 4.25. The molecule has 1 aromatic carbocycles. The predicted octanol–water partition coefficient (Wildman–Crippen LogP) is 3.66. The van der Waals surface area contributed by atoms with Gasteiger partial charge in [-0.2, -0.15) is 0 Å². The summed E-state index contributed by atoms with van der Waals surface area (Å²) in [6.07, 6.45) is 2.98. The molecule has 1 saturated heterocycles. The van der Waals surface area contributed by atoms with Crippen LogP contribution in [0.15, 0.2) is 21.1 Å². The molecule has 5 heteroatoms. The highest BCUT2D eigenvalue weighted by Crippen LogP contribution is 2.36. The van der Waals surface area contributed by atoms with Crippen molar-refractivity contribution in [3.63, 3.8) is 0 Å². The molecule has 1 heterocycles. The molecule has 1 aliphatic rings. The van der Waals surface area contributed by atoms with Crippen LogP contribution in [0.5, 0.6) is 5.75 Å². The Morgan fingerprint density at radius 3 is 2.42 bits per heavy atom. The average Bonchev–Trinajstić information content (AvgIpc) is 2.34. The molecule has 1 unspecified atom stereocenters. The van der Waals surface area contributed by atoms with Gasteiger partial charge >= 0.3 is 0 Å². The number of rotatable bonds is 4. The summed E-state index contributed by atoms with van der Waals surface area (Å²) >= 11 is 7.18. The third-order valence-electron chi connectivity index (χ3n) is 3.07. The first-order valence-electron chi connectivity index (χ1n) is 6.54. The van der Waals surface area contributed by atoms with Crippen molar-refractivity contribution >= 4 is 31.9 Å². The van der Waals surface area contributed by atoms with E-state index >= 15 is 0 Å². The lowest BCUT2D eigenvalue weighted by atomic mass is 10.1. The average molecular weight is 393 g/mol.